The van der Waals surface area contributed by atoms with Gasteiger partial charge in [-0.25, -0.2) is 0 Å². The van der Waals surface area contributed by atoms with Gasteiger partial charge < -0.3 is 10.4 Å². The van der Waals surface area contributed by atoms with Crippen molar-refractivity contribution >= 4 is 17.6 Å². The summed E-state index contributed by atoms with van der Waals surface area (Å²) in [6, 6.07) is 6.62. The molecule has 76 valence electrons. The first-order valence-corrected chi connectivity index (χ1v) is 4.20. The van der Waals surface area contributed by atoms with Crippen molar-refractivity contribution in [2.75, 3.05) is 5.32 Å². The Kier molecular flexibility index (Phi) is 3.47. The Morgan fingerprint density at radius 1 is 1.40 bits per heavy atom. The number of amides is 1. The zero-order chi connectivity index (χ0) is 11.3. The fourth-order valence-electron chi connectivity index (χ4n) is 1.12. The number of benzene rings is 1. The van der Waals surface area contributed by atoms with Crippen LogP contribution in [0.25, 0.3) is 0 Å². The van der Waals surface area contributed by atoms with Gasteiger partial charge in [-0.2, -0.15) is 0 Å². The Morgan fingerprint density at radius 3 is 2.67 bits per heavy atom. The Hall–Kier alpha value is -2.28. The lowest BCUT2D eigenvalue weighted by Gasteiger charge is -2.06. The topological polar surface area (TPSA) is 66.4 Å². The van der Waals surface area contributed by atoms with Crippen LogP contribution in [0.15, 0.2) is 24.3 Å². The van der Waals surface area contributed by atoms with E-state index in [2.05, 4.69) is 5.32 Å². The Morgan fingerprint density at radius 2 is 2.07 bits per heavy atom. The maximum Gasteiger partial charge on any atom is 0.307 e. The zero-order valence-electron chi connectivity index (χ0n) is 7.86. The molecule has 0 heterocycles. The highest BCUT2D eigenvalue weighted by atomic mass is 16.4. The third-order valence-electron chi connectivity index (χ3n) is 1.74. The first-order chi connectivity index (χ1) is 7.13. The second kappa shape index (κ2) is 4.82. The molecule has 0 aliphatic heterocycles. The molecule has 0 unspecified atom stereocenters. The third-order valence-corrected chi connectivity index (χ3v) is 1.74. The van der Waals surface area contributed by atoms with Gasteiger partial charge in [0, 0.05) is 5.69 Å². The largest absolute Gasteiger partial charge is 0.481 e. The molecule has 1 amide bonds. The molecule has 4 heteroatoms. The first-order valence-electron chi connectivity index (χ1n) is 4.20. The van der Waals surface area contributed by atoms with Gasteiger partial charge in [0.25, 0.3) is 5.91 Å². The molecule has 0 spiro atoms. The summed E-state index contributed by atoms with van der Waals surface area (Å²) in [7, 11) is 0. The van der Waals surface area contributed by atoms with E-state index < -0.39 is 11.9 Å². The SMILES string of the molecule is C#CC(=O)Nc1ccccc1CC(=O)O. The quantitative estimate of drug-likeness (QED) is 0.717. The molecule has 0 aromatic heterocycles. The second-order valence-electron chi connectivity index (χ2n) is 2.83. The molecule has 0 saturated heterocycles. The van der Waals surface area contributed by atoms with Crippen LogP contribution in [0.4, 0.5) is 5.69 Å². The van der Waals surface area contributed by atoms with Crippen LogP contribution in [0, 0.1) is 12.3 Å². The van der Waals surface area contributed by atoms with Gasteiger partial charge >= 0.3 is 5.97 Å². The smallest absolute Gasteiger partial charge is 0.307 e. The number of carbonyl (C=O) groups excluding carboxylic acids is 1. The first kappa shape index (κ1) is 10.8. The van der Waals surface area contributed by atoms with Crippen molar-refractivity contribution in [3.05, 3.63) is 29.8 Å². The van der Waals surface area contributed by atoms with Gasteiger partial charge in [0.05, 0.1) is 6.42 Å². The normalized spacial score (nSPS) is 9.00. The number of nitrogens with one attached hydrogen (secondary N) is 1. The lowest BCUT2D eigenvalue weighted by molar-refractivity contribution is -0.136. The number of carboxylic acids is 1. The van der Waals surface area contributed by atoms with Crippen molar-refractivity contribution in [3.8, 4) is 12.3 Å². The fraction of sp³-hybridized carbons (Fsp3) is 0.0909. The van der Waals surface area contributed by atoms with Crippen molar-refractivity contribution in [2.45, 2.75) is 6.42 Å². The summed E-state index contributed by atoms with van der Waals surface area (Å²) in [4.78, 5) is 21.4. The number of carbonyl (C=O) groups is 2. The van der Waals surface area contributed by atoms with E-state index in [4.69, 9.17) is 11.5 Å². The van der Waals surface area contributed by atoms with Crippen molar-refractivity contribution in [1.29, 1.82) is 0 Å². The number of hydrogen-bond acceptors (Lipinski definition) is 2. The van der Waals surface area contributed by atoms with Crippen LogP contribution in [0.1, 0.15) is 5.56 Å². The van der Waals surface area contributed by atoms with Crippen molar-refractivity contribution in [1.82, 2.24) is 0 Å². The van der Waals surface area contributed by atoms with E-state index in [0.717, 1.165) is 0 Å². The average molecular weight is 203 g/mol. The lowest BCUT2D eigenvalue weighted by atomic mass is 10.1. The van der Waals surface area contributed by atoms with Crippen LogP contribution >= 0.6 is 0 Å². The number of anilines is 1. The number of rotatable bonds is 3. The van der Waals surface area contributed by atoms with Crippen molar-refractivity contribution < 1.29 is 14.7 Å². The van der Waals surface area contributed by atoms with E-state index in [-0.39, 0.29) is 6.42 Å². The highest BCUT2D eigenvalue weighted by molar-refractivity contribution is 6.04. The molecule has 4 nitrogen and oxygen atoms in total. The van der Waals surface area contributed by atoms with Crippen LogP contribution in [0.2, 0.25) is 0 Å². The molecule has 1 aromatic rings. The van der Waals surface area contributed by atoms with Crippen LogP contribution in [0.3, 0.4) is 0 Å². The Balaban J connectivity index is 2.92. The Bertz CT molecular complexity index is 432. The number of aliphatic carboxylic acids is 1. The van der Waals surface area contributed by atoms with Gasteiger partial charge in [0.1, 0.15) is 0 Å². The predicted octanol–water partition coefficient (Wildman–Crippen LogP) is 0.885. The zero-order valence-corrected chi connectivity index (χ0v) is 7.86. The average Bonchev–Trinajstić information content (AvgIpc) is 2.20. The van der Waals surface area contributed by atoms with Crippen LogP contribution in [-0.2, 0) is 16.0 Å². The molecule has 1 rings (SSSR count). The Labute approximate surface area is 86.9 Å². The third kappa shape index (κ3) is 3.16. The van der Waals surface area contributed by atoms with E-state index in [1.807, 2.05) is 5.92 Å². The van der Waals surface area contributed by atoms with E-state index in [9.17, 15) is 9.59 Å². The van der Waals surface area contributed by atoms with Crippen LogP contribution < -0.4 is 5.32 Å². The summed E-state index contributed by atoms with van der Waals surface area (Å²) < 4.78 is 0. The molecule has 0 radical (unpaired) electrons. The maximum atomic E-state index is 10.9. The standard InChI is InChI=1S/C11H9NO3/c1-2-10(13)12-9-6-4-3-5-8(9)7-11(14)15/h1,3-6H,7H2,(H,12,13)(H,14,15). The molecule has 0 aliphatic rings. The number of hydrogen-bond donors (Lipinski definition) is 2. The molecule has 0 fully saturated rings. The van der Waals surface area contributed by atoms with E-state index in [0.29, 0.717) is 11.3 Å². The number of terminal acetylenes is 1. The molecular weight excluding hydrogens is 194 g/mol. The summed E-state index contributed by atoms with van der Waals surface area (Å²) in [6.07, 6.45) is 4.74. The lowest BCUT2D eigenvalue weighted by Crippen LogP contribution is -2.11. The monoisotopic (exact) mass is 203 g/mol. The van der Waals surface area contributed by atoms with Crippen molar-refractivity contribution in [2.24, 2.45) is 0 Å². The summed E-state index contributed by atoms with van der Waals surface area (Å²) in [5.74, 6) is 0.346. The minimum absolute atomic E-state index is 0.152. The van der Waals surface area contributed by atoms with E-state index >= 15 is 0 Å². The van der Waals surface area contributed by atoms with Crippen LogP contribution in [-0.4, -0.2) is 17.0 Å². The minimum Gasteiger partial charge on any atom is -0.481 e. The van der Waals surface area contributed by atoms with Gasteiger partial charge in [0.2, 0.25) is 0 Å². The highest BCUT2D eigenvalue weighted by Gasteiger charge is 2.07. The molecule has 0 aliphatic carbocycles. The van der Waals surface area contributed by atoms with E-state index in [1.165, 1.54) is 0 Å². The molecule has 15 heavy (non-hydrogen) atoms. The van der Waals surface area contributed by atoms with Crippen molar-refractivity contribution in [3.63, 3.8) is 0 Å². The summed E-state index contributed by atoms with van der Waals surface area (Å²) >= 11 is 0. The number of para-hydroxylation sites is 1. The van der Waals surface area contributed by atoms with Gasteiger partial charge in [-0.15, -0.1) is 6.42 Å². The molecule has 0 bridgehead atoms. The van der Waals surface area contributed by atoms with E-state index in [1.54, 1.807) is 24.3 Å². The molecule has 1 aromatic carbocycles. The molecule has 0 atom stereocenters. The molecule has 0 saturated carbocycles. The second-order valence-corrected chi connectivity index (χ2v) is 2.83. The molecule has 2 N–H and O–H groups in total. The predicted molar refractivity (Wildman–Crippen MR) is 55.2 cm³/mol. The summed E-state index contributed by atoms with van der Waals surface area (Å²) in [6.45, 7) is 0. The van der Waals surface area contributed by atoms with Gasteiger partial charge in [-0.3, -0.25) is 9.59 Å². The van der Waals surface area contributed by atoms with Gasteiger partial charge in [-0.1, -0.05) is 18.2 Å². The fourth-order valence-corrected chi connectivity index (χ4v) is 1.12. The highest BCUT2D eigenvalue weighted by Crippen LogP contribution is 2.15. The van der Waals surface area contributed by atoms with Crippen LogP contribution in [0.5, 0.6) is 0 Å². The summed E-state index contributed by atoms with van der Waals surface area (Å²) in [5, 5.41) is 11.1. The maximum absolute atomic E-state index is 10.9. The minimum atomic E-state index is -0.961. The molecular formula is C11H9NO3. The summed E-state index contributed by atoms with van der Waals surface area (Å²) in [5.41, 5.74) is 0.955. The number of carboxylic acid groups (broad SMARTS) is 1. The van der Waals surface area contributed by atoms with Gasteiger partial charge in [0.15, 0.2) is 0 Å². The van der Waals surface area contributed by atoms with Gasteiger partial charge in [-0.05, 0) is 17.6 Å².